The summed E-state index contributed by atoms with van der Waals surface area (Å²) in [6.45, 7) is 0. The third kappa shape index (κ3) is 1.49. The summed E-state index contributed by atoms with van der Waals surface area (Å²) in [4.78, 5) is 4.17. The van der Waals surface area contributed by atoms with E-state index in [0.717, 1.165) is 15.4 Å². The van der Waals surface area contributed by atoms with Gasteiger partial charge in [0.05, 0.1) is 5.52 Å². The normalized spacial score (nSPS) is 10.6. The van der Waals surface area contributed by atoms with Crippen LogP contribution in [0.2, 0.25) is 5.15 Å². The SMILES string of the molecule is Nc1cc(Cl)nc2c(Br)cccc12. The molecule has 2 N–H and O–H groups in total. The van der Waals surface area contributed by atoms with Gasteiger partial charge in [0, 0.05) is 15.5 Å². The Morgan fingerprint density at radius 1 is 1.38 bits per heavy atom. The fourth-order valence-corrected chi connectivity index (χ4v) is 1.86. The summed E-state index contributed by atoms with van der Waals surface area (Å²) in [7, 11) is 0. The van der Waals surface area contributed by atoms with Crippen LogP contribution >= 0.6 is 27.5 Å². The van der Waals surface area contributed by atoms with Gasteiger partial charge < -0.3 is 5.73 Å². The summed E-state index contributed by atoms with van der Waals surface area (Å²) in [6.07, 6.45) is 0. The minimum absolute atomic E-state index is 0.414. The maximum absolute atomic E-state index is 5.78. The molecule has 1 aromatic heterocycles. The topological polar surface area (TPSA) is 38.9 Å². The van der Waals surface area contributed by atoms with Gasteiger partial charge in [0.2, 0.25) is 0 Å². The molecular formula is C9H6BrClN2. The van der Waals surface area contributed by atoms with Gasteiger partial charge in [-0.05, 0) is 28.1 Å². The van der Waals surface area contributed by atoms with Crippen molar-refractivity contribution in [3.63, 3.8) is 0 Å². The van der Waals surface area contributed by atoms with E-state index in [1.54, 1.807) is 6.07 Å². The summed E-state index contributed by atoms with van der Waals surface area (Å²) in [5, 5.41) is 1.33. The lowest BCUT2D eigenvalue weighted by atomic mass is 10.2. The number of benzene rings is 1. The number of hydrogen-bond donors (Lipinski definition) is 1. The standard InChI is InChI=1S/C9H6BrClN2/c10-6-3-1-2-5-7(12)4-8(11)13-9(5)6/h1-4H,(H2,12,13). The van der Waals surface area contributed by atoms with Crippen LogP contribution in [-0.2, 0) is 0 Å². The number of fused-ring (bicyclic) bond motifs is 1. The van der Waals surface area contributed by atoms with E-state index >= 15 is 0 Å². The summed E-state index contributed by atoms with van der Waals surface area (Å²) in [6, 6.07) is 7.39. The van der Waals surface area contributed by atoms with Crippen molar-refractivity contribution in [3.05, 3.63) is 33.9 Å². The molecule has 0 aliphatic rings. The fourth-order valence-electron chi connectivity index (χ4n) is 1.21. The van der Waals surface area contributed by atoms with E-state index in [1.165, 1.54) is 0 Å². The number of hydrogen-bond acceptors (Lipinski definition) is 2. The lowest BCUT2D eigenvalue weighted by Gasteiger charge is -2.03. The van der Waals surface area contributed by atoms with Gasteiger partial charge in [0.15, 0.2) is 0 Å². The minimum Gasteiger partial charge on any atom is -0.398 e. The molecule has 0 unspecified atom stereocenters. The second kappa shape index (κ2) is 3.16. The number of rotatable bonds is 0. The van der Waals surface area contributed by atoms with Crippen molar-refractivity contribution in [1.82, 2.24) is 4.98 Å². The predicted molar refractivity (Wildman–Crippen MR) is 58.9 cm³/mol. The van der Waals surface area contributed by atoms with E-state index in [4.69, 9.17) is 17.3 Å². The highest BCUT2D eigenvalue weighted by Crippen LogP contribution is 2.28. The zero-order valence-electron chi connectivity index (χ0n) is 6.59. The smallest absolute Gasteiger partial charge is 0.131 e. The van der Waals surface area contributed by atoms with Crippen LogP contribution in [0, 0.1) is 0 Å². The van der Waals surface area contributed by atoms with E-state index in [-0.39, 0.29) is 0 Å². The van der Waals surface area contributed by atoms with E-state index in [2.05, 4.69) is 20.9 Å². The lowest BCUT2D eigenvalue weighted by Crippen LogP contribution is -1.90. The molecule has 66 valence electrons. The first-order valence-electron chi connectivity index (χ1n) is 3.69. The predicted octanol–water partition coefficient (Wildman–Crippen LogP) is 3.23. The minimum atomic E-state index is 0.414. The number of nitrogens with zero attached hydrogens (tertiary/aromatic N) is 1. The summed E-state index contributed by atoms with van der Waals surface area (Å²) in [5.74, 6) is 0. The largest absolute Gasteiger partial charge is 0.398 e. The van der Waals surface area contributed by atoms with Crippen LogP contribution in [-0.4, -0.2) is 4.98 Å². The average molecular weight is 258 g/mol. The maximum Gasteiger partial charge on any atom is 0.131 e. The summed E-state index contributed by atoms with van der Waals surface area (Å²) >= 11 is 9.17. The third-order valence-electron chi connectivity index (χ3n) is 1.79. The van der Waals surface area contributed by atoms with Crippen molar-refractivity contribution >= 4 is 44.1 Å². The van der Waals surface area contributed by atoms with E-state index in [1.807, 2.05) is 18.2 Å². The Hall–Kier alpha value is -0.800. The van der Waals surface area contributed by atoms with Gasteiger partial charge in [-0.25, -0.2) is 4.98 Å². The van der Waals surface area contributed by atoms with Gasteiger partial charge in [0.1, 0.15) is 5.15 Å². The van der Waals surface area contributed by atoms with Gasteiger partial charge in [0.25, 0.3) is 0 Å². The first-order chi connectivity index (χ1) is 6.18. The number of pyridine rings is 1. The molecule has 0 saturated carbocycles. The molecule has 2 aromatic rings. The lowest BCUT2D eigenvalue weighted by molar-refractivity contribution is 1.40. The number of nitrogens with two attached hydrogens (primary N) is 1. The molecule has 2 nitrogen and oxygen atoms in total. The van der Waals surface area contributed by atoms with Crippen molar-refractivity contribution in [2.75, 3.05) is 5.73 Å². The fraction of sp³-hybridized carbons (Fsp3) is 0. The average Bonchev–Trinajstić information content (AvgIpc) is 2.07. The molecule has 0 spiro atoms. The molecule has 2 rings (SSSR count). The molecule has 1 aromatic carbocycles. The molecule has 4 heteroatoms. The molecule has 0 saturated heterocycles. The number of aromatic nitrogens is 1. The highest BCUT2D eigenvalue weighted by Gasteiger charge is 2.03. The molecule has 0 aliphatic heterocycles. The Morgan fingerprint density at radius 3 is 2.92 bits per heavy atom. The molecule has 0 amide bonds. The van der Waals surface area contributed by atoms with Crippen molar-refractivity contribution in [2.45, 2.75) is 0 Å². The van der Waals surface area contributed by atoms with Gasteiger partial charge in [-0.15, -0.1) is 0 Å². The molecule has 1 heterocycles. The van der Waals surface area contributed by atoms with Gasteiger partial charge >= 0.3 is 0 Å². The van der Waals surface area contributed by atoms with Crippen molar-refractivity contribution in [2.24, 2.45) is 0 Å². The Kier molecular flexibility index (Phi) is 2.14. The van der Waals surface area contributed by atoms with Gasteiger partial charge in [-0.3, -0.25) is 0 Å². The molecule has 0 atom stereocenters. The first kappa shape index (κ1) is 8.78. The Balaban J connectivity index is 2.94. The van der Waals surface area contributed by atoms with E-state index in [0.29, 0.717) is 10.8 Å². The number of nitrogen functional groups attached to an aromatic ring is 1. The van der Waals surface area contributed by atoms with Crippen LogP contribution in [0.4, 0.5) is 5.69 Å². The first-order valence-corrected chi connectivity index (χ1v) is 4.86. The van der Waals surface area contributed by atoms with E-state index < -0.39 is 0 Å². The zero-order valence-corrected chi connectivity index (χ0v) is 8.93. The number of halogens is 2. The van der Waals surface area contributed by atoms with Crippen LogP contribution in [0.15, 0.2) is 28.7 Å². The van der Waals surface area contributed by atoms with Crippen LogP contribution in [0.1, 0.15) is 0 Å². The summed E-state index contributed by atoms with van der Waals surface area (Å²) in [5.41, 5.74) is 7.23. The number of para-hydroxylation sites is 1. The molecule has 0 radical (unpaired) electrons. The Labute approximate surface area is 88.8 Å². The van der Waals surface area contributed by atoms with Crippen molar-refractivity contribution < 1.29 is 0 Å². The van der Waals surface area contributed by atoms with Crippen LogP contribution in [0.3, 0.4) is 0 Å². The molecule has 0 bridgehead atoms. The second-order valence-electron chi connectivity index (χ2n) is 2.67. The van der Waals surface area contributed by atoms with Crippen molar-refractivity contribution in [3.8, 4) is 0 Å². The maximum atomic E-state index is 5.78. The Morgan fingerprint density at radius 2 is 2.15 bits per heavy atom. The van der Waals surface area contributed by atoms with Gasteiger partial charge in [-0.2, -0.15) is 0 Å². The van der Waals surface area contributed by atoms with Gasteiger partial charge in [-0.1, -0.05) is 23.7 Å². The molecule has 0 fully saturated rings. The summed E-state index contributed by atoms with van der Waals surface area (Å²) < 4.78 is 0.902. The second-order valence-corrected chi connectivity index (χ2v) is 3.91. The molecule has 0 aliphatic carbocycles. The zero-order chi connectivity index (χ0) is 9.42. The Bertz CT molecular complexity index is 470. The van der Waals surface area contributed by atoms with E-state index in [9.17, 15) is 0 Å². The van der Waals surface area contributed by atoms with Crippen LogP contribution in [0.5, 0.6) is 0 Å². The number of anilines is 1. The van der Waals surface area contributed by atoms with Crippen LogP contribution < -0.4 is 5.73 Å². The molecule has 13 heavy (non-hydrogen) atoms. The highest BCUT2D eigenvalue weighted by molar-refractivity contribution is 9.10. The molecular weight excluding hydrogens is 251 g/mol. The van der Waals surface area contributed by atoms with Crippen molar-refractivity contribution in [1.29, 1.82) is 0 Å². The highest BCUT2D eigenvalue weighted by atomic mass is 79.9. The quantitative estimate of drug-likeness (QED) is 0.736. The van der Waals surface area contributed by atoms with Crippen LogP contribution in [0.25, 0.3) is 10.9 Å². The third-order valence-corrected chi connectivity index (χ3v) is 2.62. The monoisotopic (exact) mass is 256 g/mol.